The average Bonchev–Trinajstić information content (AvgIpc) is 2.73. The van der Waals surface area contributed by atoms with Crippen LogP contribution < -0.4 is 4.74 Å². The number of benzene rings is 1. The Morgan fingerprint density at radius 2 is 2.15 bits per heavy atom. The maximum atomic E-state index is 10.5. The first-order chi connectivity index (χ1) is 9.55. The molecule has 20 heavy (non-hydrogen) atoms. The van der Waals surface area contributed by atoms with Gasteiger partial charge in [-0.2, -0.15) is 0 Å². The minimum Gasteiger partial charge on any atom is -0.487 e. The van der Waals surface area contributed by atoms with Gasteiger partial charge in [-0.3, -0.25) is 4.98 Å². The summed E-state index contributed by atoms with van der Waals surface area (Å²) in [6.45, 7) is 4.15. The summed E-state index contributed by atoms with van der Waals surface area (Å²) in [5, 5.41) is 10.5. The summed E-state index contributed by atoms with van der Waals surface area (Å²) in [4.78, 5) is 4.08. The Morgan fingerprint density at radius 1 is 1.30 bits per heavy atom. The lowest BCUT2D eigenvalue weighted by molar-refractivity contribution is 0.126. The normalized spacial score (nSPS) is 17.4. The Balaban J connectivity index is 1.87. The van der Waals surface area contributed by atoms with Crippen molar-refractivity contribution >= 4 is 0 Å². The van der Waals surface area contributed by atoms with E-state index in [1.54, 1.807) is 12.4 Å². The van der Waals surface area contributed by atoms with Crippen molar-refractivity contribution in [3.05, 3.63) is 59.4 Å². The molecule has 2 heterocycles. The average molecular weight is 269 g/mol. The highest BCUT2D eigenvalue weighted by Gasteiger charge is 2.32. The van der Waals surface area contributed by atoms with Crippen molar-refractivity contribution in [3.8, 4) is 5.75 Å². The quantitative estimate of drug-likeness (QED) is 0.931. The van der Waals surface area contributed by atoms with Crippen LogP contribution in [-0.4, -0.2) is 15.7 Å². The van der Waals surface area contributed by atoms with Crippen LogP contribution in [0.3, 0.4) is 0 Å². The maximum Gasteiger partial charge on any atom is 0.129 e. The number of para-hydroxylation sites is 1. The molecule has 1 atom stereocenters. The molecule has 0 saturated carbocycles. The summed E-state index contributed by atoms with van der Waals surface area (Å²) >= 11 is 0. The van der Waals surface area contributed by atoms with E-state index in [0.29, 0.717) is 6.42 Å². The van der Waals surface area contributed by atoms with Crippen LogP contribution in [-0.2, 0) is 12.8 Å². The lowest BCUT2D eigenvalue weighted by Crippen LogP contribution is -2.25. The van der Waals surface area contributed by atoms with Gasteiger partial charge < -0.3 is 9.84 Å². The molecule has 0 amide bonds. The van der Waals surface area contributed by atoms with Crippen molar-refractivity contribution in [2.24, 2.45) is 0 Å². The zero-order valence-electron chi connectivity index (χ0n) is 11.8. The third-order valence-corrected chi connectivity index (χ3v) is 3.63. The number of aliphatic hydroxyl groups is 1. The zero-order chi connectivity index (χ0) is 14.2. The molecule has 0 bridgehead atoms. The fraction of sp³-hybridized carbons (Fsp3) is 0.353. The Morgan fingerprint density at radius 3 is 2.90 bits per heavy atom. The van der Waals surface area contributed by atoms with E-state index in [-0.39, 0.29) is 5.60 Å². The van der Waals surface area contributed by atoms with E-state index >= 15 is 0 Å². The number of pyridine rings is 1. The zero-order valence-corrected chi connectivity index (χ0v) is 11.8. The van der Waals surface area contributed by atoms with Crippen LogP contribution in [0.2, 0.25) is 0 Å². The summed E-state index contributed by atoms with van der Waals surface area (Å²) in [7, 11) is 0. The van der Waals surface area contributed by atoms with Crippen LogP contribution in [0.4, 0.5) is 0 Å². The fourth-order valence-corrected chi connectivity index (χ4v) is 2.75. The monoisotopic (exact) mass is 269 g/mol. The molecule has 1 aliphatic rings. The second-order valence-corrected chi connectivity index (χ2v) is 5.96. The van der Waals surface area contributed by atoms with Crippen molar-refractivity contribution in [2.45, 2.75) is 38.4 Å². The van der Waals surface area contributed by atoms with Crippen molar-refractivity contribution in [1.82, 2.24) is 4.98 Å². The van der Waals surface area contributed by atoms with Crippen LogP contribution in [0.1, 0.15) is 36.6 Å². The molecule has 2 aromatic rings. The van der Waals surface area contributed by atoms with Gasteiger partial charge in [-0.05, 0) is 31.0 Å². The van der Waals surface area contributed by atoms with Gasteiger partial charge in [-0.25, -0.2) is 0 Å². The molecule has 104 valence electrons. The summed E-state index contributed by atoms with van der Waals surface area (Å²) in [6, 6.07) is 9.87. The molecular weight excluding hydrogens is 250 g/mol. The standard InChI is InChI=1S/C17H19NO2/c1-17(2)10-13-6-3-7-14(16(13)20-17)15(19)9-12-5-4-8-18-11-12/h3-8,11,15,19H,9-10H2,1-2H3. The molecule has 1 aromatic carbocycles. The number of hydrogen-bond donors (Lipinski definition) is 1. The summed E-state index contributed by atoms with van der Waals surface area (Å²) < 4.78 is 6.01. The van der Waals surface area contributed by atoms with Crippen molar-refractivity contribution in [2.75, 3.05) is 0 Å². The van der Waals surface area contributed by atoms with Crippen molar-refractivity contribution in [1.29, 1.82) is 0 Å². The molecule has 1 N–H and O–H groups in total. The fourth-order valence-electron chi connectivity index (χ4n) is 2.75. The van der Waals surface area contributed by atoms with Gasteiger partial charge in [-0.1, -0.05) is 24.3 Å². The first-order valence-corrected chi connectivity index (χ1v) is 6.93. The third-order valence-electron chi connectivity index (χ3n) is 3.63. The number of ether oxygens (including phenoxy) is 1. The molecule has 0 fully saturated rings. The van der Waals surface area contributed by atoms with E-state index in [1.807, 2.05) is 24.3 Å². The second kappa shape index (κ2) is 4.91. The smallest absolute Gasteiger partial charge is 0.129 e. The first-order valence-electron chi connectivity index (χ1n) is 6.93. The topological polar surface area (TPSA) is 42.4 Å². The molecule has 1 unspecified atom stereocenters. The Bertz CT molecular complexity index is 608. The predicted octanol–water partition coefficient (Wildman–Crippen LogP) is 3.07. The molecule has 0 spiro atoms. The minimum atomic E-state index is -0.567. The summed E-state index contributed by atoms with van der Waals surface area (Å²) in [5.41, 5.74) is 2.89. The van der Waals surface area contributed by atoms with Gasteiger partial charge in [0.25, 0.3) is 0 Å². The molecule has 0 radical (unpaired) electrons. The van der Waals surface area contributed by atoms with Gasteiger partial charge in [0.05, 0.1) is 6.10 Å². The lowest BCUT2D eigenvalue weighted by Gasteiger charge is -2.20. The lowest BCUT2D eigenvalue weighted by atomic mass is 9.97. The Labute approximate surface area is 119 Å². The van der Waals surface area contributed by atoms with Crippen LogP contribution in [0.15, 0.2) is 42.7 Å². The predicted molar refractivity (Wildman–Crippen MR) is 77.8 cm³/mol. The molecule has 1 aromatic heterocycles. The van der Waals surface area contributed by atoms with E-state index in [0.717, 1.165) is 23.3 Å². The SMILES string of the molecule is CC1(C)Cc2cccc(C(O)Cc3cccnc3)c2O1. The Hall–Kier alpha value is -1.87. The van der Waals surface area contributed by atoms with E-state index in [9.17, 15) is 5.11 Å². The molecule has 0 aliphatic carbocycles. The summed E-state index contributed by atoms with van der Waals surface area (Å²) in [6.07, 6.45) is 4.39. The molecule has 3 nitrogen and oxygen atoms in total. The third kappa shape index (κ3) is 2.54. The minimum absolute atomic E-state index is 0.188. The maximum absolute atomic E-state index is 10.5. The first kappa shape index (κ1) is 13.1. The number of fused-ring (bicyclic) bond motifs is 1. The van der Waals surface area contributed by atoms with E-state index in [1.165, 1.54) is 5.56 Å². The van der Waals surface area contributed by atoms with Crippen LogP contribution >= 0.6 is 0 Å². The van der Waals surface area contributed by atoms with Gasteiger partial charge >= 0.3 is 0 Å². The van der Waals surface area contributed by atoms with E-state index in [2.05, 4.69) is 24.9 Å². The highest BCUT2D eigenvalue weighted by molar-refractivity contribution is 5.47. The Kier molecular flexibility index (Phi) is 3.22. The van der Waals surface area contributed by atoms with Gasteiger partial charge in [0, 0.05) is 30.8 Å². The molecule has 1 aliphatic heterocycles. The molecular formula is C17H19NO2. The van der Waals surface area contributed by atoms with Gasteiger partial charge in [0.1, 0.15) is 11.4 Å². The number of rotatable bonds is 3. The van der Waals surface area contributed by atoms with Crippen LogP contribution in [0, 0.1) is 0 Å². The number of aromatic nitrogens is 1. The van der Waals surface area contributed by atoms with E-state index < -0.39 is 6.10 Å². The molecule has 3 rings (SSSR count). The van der Waals surface area contributed by atoms with E-state index in [4.69, 9.17) is 4.74 Å². The van der Waals surface area contributed by atoms with Crippen molar-refractivity contribution < 1.29 is 9.84 Å². The number of nitrogens with zero attached hydrogens (tertiary/aromatic N) is 1. The van der Waals surface area contributed by atoms with Gasteiger partial charge in [0.15, 0.2) is 0 Å². The number of aliphatic hydroxyl groups excluding tert-OH is 1. The van der Waals surface area contributed by atoms with Gasteiger partial charge in [0.2, 0.25) is 0 Å². The molecule has 3 heteroatoms. The molecule has 0 saturated heterocycles. The second-order valence-electron chi connectivity index (χ2n) is 5.96. The summed E-state index contributed by atoms with van der Waals surface area (Å²) in [5.74, 6) is 0.855. The van der Waals surface area contributed by atoms with Crippen LogP contribution in [0.5, 0.6) is 5.75 Å². The van der Waals surface area contributed by atoms with Crippen molar-refractivity contribution in [3.63, 3.8) is 0 Å². The highest BCUT2D eigenvalue weighted by atomic mass is 16.5. The largest absolute Gasteiger partial charge is 0.487 e. The van der Waals surface area contributed by atoms with Gasteiger partial charge in [-0.15, -0.1) is 0 Å². The highest BCUT2D eigenvalue weighted by Crippen LogP contribution is 2.40. The van der Waals surface area contributed by atoms with Crippen LogP contribution in [0.25, 0.3) is 0 Å². The number of hydrogen-bond acceptors (Lipinski definition) is 3.